The van der Waals surface area contributed by atoms with Gasteiger partial charge in [0.2, 0.25) is 5.13 Å². The highest BCUT2D eigenvalue weighted by atomic mass is 79.9. The van der Waals surface area contributed by atoms with E-state index < -0.39 is 24.1 Å². The van der Waals surface area contributed by atoms with E-state index >= 15 is 0 Å². The number of benzene rings is 1. The highest BCUT2D eigenvalue weighted by Crippen LogP contribution is 2.31. The number of carbonyl (C=O) groups is 2. The number of carbonyl (C=O) groups excluding carboxylic acids is 2. The maximum absolute atomic E-state index is 12.8. The molecule has 1 fully saturated rings. The summed E-state index contributed by atoms with van der Waals surface area (Å²) in [6.45, 7) is 4.03. The number of aromatic nitrogens is 4. The molecule has 3 aromatic rings. The summed E-state index contributed by atoms with van der Waals surface area (Å²) >= 11 is 4.25. The first-order valence-electron chi connectivity index (χ1n) is 10.9. The van der Waals surface area contributed by atoms with E-state index in [-0.39, 0.29) is 15.9 Å². The Morgan fingerprint density at radius 3 is 2.72 bits per heavy atom. The van der Waals surface area contributed by atoms with Crippen molar-refractivity contribution in [2.75, 3.05) is 13.6 Å². The fourth-order valence-electron chi connectivity index (χ4n) is 3.50. The number of halogens is 4. The summed E-state index contributed by atoms with van der Waals surface area (Å²) in [4.78, 5) is 36.4. The molecule has 0 saturated heterocycles. The summed E-state index contributed by atoms with van der Waals surface area (Å²) in [5.41, 5.74) is -0.0425. The van der Waals surface area contributed by atoms with Gasteiger partial charge in [0.15, 0.2) is 5.82 Å². The van der Waals surface area contributed by atoms with Crippen LogP contribution in [0.3, 0.4) is 0 Å². The molecule has 0 aliphatic heterocycles. The summed E-state index contributed by atoms with van der Waals surface area (Å²) in [5, 5.41) is 7.46. The van der Waals surface area contributed by atoms with Gasteiger partial charge in [0.1, 0.15) is 16.5 Å². The average Bonchev–Trinajstić information content (AvgIpc) is 3.29. The van der Waals surface area contributed by atoms with Crippen molar-refractivity contribution in [1.29, 1.82) is 0 Å². The second-order valence-electron chi connectivity index (χ2n) is 8.48. The van der Waals surface area contributed by atoms with Crippen molar-refractivity contribution in [3.8, 4) is 10.9 Å². The van der Waals surface area contributed by atoms with Gasteiger partial charge in [-0.05, 0) is 50.8 Å². The third-order valence-electron chi connectivity index (χ3n) is 5.30. The molecule has 9 nitrogen and oxygen atoms in total. The number of thiazole rings is 1. The maximum atomic E-state index is 12.8. The van der Waals surface area contributed by atoms with Crippen molar-refractivity contribution in [3.63, 3.8) is 0 Å². The van der Waals surface area contributed by atoms with Gasteiger partial charge >= 0.3 is 6.36 Å². The fourth-order valence-corrected chi connectivity index (χ4v) is 4.85. The van der Waals surface area contributed by atoms with E-state index in [4.69, 9.17) is 0 Å². The molecule has 14 heteroatoms. The number of aryl methyl sites for hydroxylation is 1. The predicted molar refractivity (Wildman–Crippen MR) is 128 cm³/mol. The molecule has 1 atom stereocenters. The molecule has 0 unspecified atom stereocenters. The normalized spacial score (nSPS) is 14.4. The lowest BCUT2D eigenvalue weighted by molar-refractivity contribution is -0.274. The van der Waals surface area contributed by atoms with Crippen LogP contribution < -0.4 is 10.1 Å². The van der Waals surface area contributed by atoms with Crippen molar-refractivity contribution in [2.24, 2.45) is 5.92 Å². The highest BCUT2D eigenvalue weighted by Gasteiger charge is 2.32. The molecule has 2 amide bonds. The molecule has 1 aromatic carbocycles. The number of hydrogen-bond acceptors (Lipinski definition) is 7. The summed E-state index contributed by atoms with van der Waals surface area (Å²) in [7, 11) is 1.76. The molecule has 2 heterocycles. The van der Waals surface area contributed by atoms with Crippen LogP contribution in [0, 0.1) is 12.8 Å². The second-order valence-corrected chi connectivity index (χ2v) is 10.4. The minimum Gasteiger partial charge on any atom is -0.406 e. The number of hydrogen-bond donors (Lipinski definition) is 1. The summed E-state index contributed by atoms with van der Waals surface area (Å²) in [5.74, 6) is 0.0318. The molecule has 0 spiro atoms. The van der Waals surface area contributed by atoms with E-state index in [1.165, 1.54) is 16.9 Å². The van der Waals surface area contributed by atoms with Crippen LogP contribution in [0.5, 0.6) is 5.75 Å². The Morgan fingerprint density at radius 1 is 1.33 bits per heavy atom. The largest absolute Gasteiger partial charge is 0.573 e. The molecule has 36 heavy (non-hydrogen) atoms. The molecule has 1 saturated carbocycles. The number of amides is 2. The molecule has 1 aliphatic carbocycles. The first kappa shape index (κ1) is 26.1. The van der Waals surface area contributed by atoms with Gasteiger partial charge < -0.3 is 15.0 Å². The van der Waals surface area contributed by atoms with Crippen molar-refractivity contribution in [3.05, 3.63) is 51.0 Å². The third-order valence-corrected chi connectivity index (χ3v) is 6.72. The van der Waals surface area contributed by atoms with Gasteiger partial charge in [-0.25, -0.2) is 9.97 Å². The van der Waals surface area contributed by atoms with Crippen LogP contribution >= 0.6 is 27.3 Å². The Bertz CT molecular complexity index is 1290. The Morgan fingerprint density at radius 2 is 2.06 bits per heavy atom. The Balaban J connectivity index is 1.51. The Hall–Kier alpha value is -3.00. The van der Waals surface area contributed by atoms with E-state index in [9.17, 15) is 22.8 Å². The standard InChI is InChI=1S/C22H22BrF3N6O3S/c1-11(28-19(33)14-6-15(23)8-16(7-14)35-22(24,25)26)18-29-12(2)30-32(18)21-27-9-17(36-21)20(34)31(3)10-13-4-5-13/h6-9,11,13H,4-5,10H2,1-3H3,(H,28,33)/t11-/m0/s1. The highest BCUT2D eigenvalue weighted by molar-refractivity contribution is 9.10. The predicted octanol–water partition coefficient (Wildman–Crippen LogP) is 4.67. The molecular formula is C22H22BrF3N6O3S. The molecule has 4 rings (SSSR count). The van der Waals surface area contributed by atoms with Crippen LogP contribution in [0.1, 0.15) is 57.5 Å². The molecule has 192 valence electrons. The lowest BCUT2D eigenvalue weighted by Gasteiger charge is -2.15. The van der Waals surface area contributed by atoms with Crippen LogP contribution in [-0.2, 0) is 0 Å². The third kappa shape index (κ3) is 6.40. The van der Waals surface area contributed by atoms with E-state index in [0.29, 0.717) is 34.1 Å². The minimum absolute atomic E-state index is 0.0425. The first-order chi connectivity index (χ1) is 16.9. The number of alkyl halides is 3. The molecule has 2 aromatic heterocycles. The monoisotopic (exact) mass is 586 g/mol. The van der Waals surface area contributed by atoms with Crippen LogP contribution in [0.15, 0.2) is 28.9 Å². The second kappa shape index (κ2) is 10.2. The van der Waals surface area contributed by atoms with Gasteiger partial charge in [0.05, 0.1) is 12.2 Å². The summed E-state index contributed by atoms with van der Waals surface area (Å²) in [6, 6.07) is 2.78. The van der Waals surface area contributed by atoms with Crippen LogP contribution in [0.4, 0.5) is 13.2 Å². The van der Waals surface area contributed by atoms with Crippen molar-refractivity contribution >= 4 is 39.1 Å². The van der Waals surface area contributed by atoms with Crippen LogP contribution in [-0.4, -0.2) is 56.4 Å². The van der Waals surface area contributed by atoms with Crippen molar-refractivity contribution in [2.45, 2.75) is 39.1 Å². The quantitative estimate of drug-likeness (QED) is 0.411. The number of nitrogens with zero attached hydrogens (tertiary/aromatic N) is 5. The lowest BCUT2D eigenvalue weighted by atomic mass is 10.2. The van der Waals surface area contributed by atoms with Gasteiger partial charge in [0.25, 0.3) is 11.8 Å². The zero-order chi connectivity index (χ0) is 26.2. The van der Waals surface area contributed by atoms with E-state index in [1.54, 1.807) is 25.8 Å². The topological polar surface area (TPSA) is 102 Å². The molecular weight excluding hydrogens is 565 g/mol. The van der Waals surface area contributed by atoms with E-state index in [0.717, 1.165) is 36.3 Å². The Kier molecular flexibility index (Phi) is 7.36. The maximum Gasteiger partial charge on any atom is 0.573 e. The van der Waals surface area contributed by atoms with E-state index in [2.05, 4.69) is 41.1 Å². The SMILES string of the molecule is Cc1nc([C@H](C)NC(=O)c2cc(Br)cc(OC(F)(F)F)c2)n(-c2ncc(C(=O)N(C)CC3CC3)s2)n1. The summed E-state index contributed by atoms with van der Waals surface area (Å²) < 4.78 is 43.5. The van der Waals surface area contributed by atoms with Gasteiger partial charge in [-0.2, -0.15) is 4.68 Å². The number of ether oxygens (including phenoxy) is 1. The summed E-state index contributed by atoms with van der Waals surface area (Å²) in [6.07, 6.45) is -1.14. The van der Waals surface area contributed by atoms with Crippen LogP contribution in [0.25, 0.3) is 5.13 Å². The zero-order valence-corrected chi connectivity index (χ0v) is 21.9. The fraction of sp³-hybridized carbons (Fsp3) is 0.409. The number of rotatable bonds is 8. The number of nitrogens with one attached hydrogen (secondary N) is 1. The van der Waals surface area contributed by atoms with Gasteiger partial charge in [-0.15, -0.1) is 18.3 Å². The van der Waals surface area contributed by atoms with Crippen molar-refractivity contribution < 1.29 is 27.5 Å². The molecule has 1 aliphatic rings. The molecule has 0 radical (unpaired) electrons. The molecule has 0 bridgehead atoms. The van der Waals surface area contributed by atoms with Gasteiger partial charge in [-0.1, -0.05) is 27.3 Å². The average molecular weight is 587 g/mol. The van der Waals surface area contributed by atoms with Crippen LogP contribution in [0.2, 0.25) is 0 Å². The lowest BCUT2D eigenvalue weighted by Crippen LogP contribution is -2.29. The minimum atomic E-state index is -4.89. The Labute approximate surface area is 216 Å². The van der Waals surface area contributed by atoms with E-state index in [1.807, 2.05) is 0 Å². The van der Waals surface area contributed by atoms with Gasteiger partial charge in [-0.3, -0.25) is 9.59 Å². The van der Waals surface area contributed by atoms with Gasteiger partial charge in [0, 0.05) is 23.6 Å². The van der Waals surface area contributed by atoms with Crippen molar-refractivity contribution in [1.82, 2.24) is 30.0 Å². The smallest absolute Gasteiger partial charge is 0.406 e. The zero-order valence-electron chi connectivity index (χ0n) is 19.5. The molecule has 1 N–H and O–H groups in total. The first-order valence-corrected chi connectivity index (χ1v) is 12.5.